The van der Waals surface area contributed by atoms with E-state index in [1.165, 1.54) is 12.1 Å². The zero-order valence-corrected chi connectivity index (χ0v) is 12.3. The summed E-state index contributed by atoms with van der Waals surface area (Å²) in [5, 5.41) is 11.2. The van der Waals surface area contributed by atoms with Gasteiger partial charge >= 0.3 is 0 Å². The molecule has 0 unspecified atom stereocenters. The minimum Gasteiger partial charge on any atom is -0.493 e. The monoisotopic (exact) mass is 337 g/mol. The van der Waals surface area contributed by atoms with E-state index < -0.39 is 4.92 Å². The molecule has 0 saturated carbocycles. The summed E-state index contributed by atoms with van der Waals surface area (Å²) in [5.74, 6) is 1.72. The molecule has 5 nitrogen and oxygen atoms in total. The van der Waals surface area contributed by atoms with Crippen LogP contribution in [0.25, 0.3) is 0 Å². The Balaban J connectivity index is 2.36. The second-order valence-electron chi connectivity index (χ2n) is 3.94. The van der Waals surface area contributed by atoms with Crippen LogP contribution in [-0.2, 0) is 5.33 Å². The first-order chi connectivity index (χ1) is 9.65. The van der Waals surface area contributed by atoms with Crippen molar-refractivity contribution in [2.45, 2.75) is 5.33 Å². The number of benzene rings is 2. The third-order valence-electron chi connectivity index (χ3n) is 2.69. The van der Waals surface area contributed by atoms with Crippen molar-refractivity contribution in [3.63, 3.8) is 0 Å². The van der Waals surface area contributed by atoms with Crippen molar-refractivity contribution in [1.29, 1.82) is 0 Å². The quantitative estimate of drug-likeness (QED) is 0.463. The number of halogens is 1. The molecule has 0 aliphatic carbocycles. The maximum Gasteiger partial charge on any atom is 0.270 e. The molecule has 6 heteroatoms. The number of nitrogens with zero attached hydrogens (tertiary/aromatic N) is 1. The van der Waals surface area contributed by atoms with Gasteiger partial charge in [-0.05, 0) is 18.2 Å². The number of rotatable bonds is 5. The molecule has 0 fully saturated rings. The average molecular weight is 338 g/mol. The number of nitro groups is 1. The lowest BCUT2D eigenvalue weighted by Crippen LogP contribution is -1.95. The summed E-state index contributed by atoms with van der Waals surface area (Å²) in [6.45, 7) is 0. The number of non-ortho nitro benzene ring substituents is 1. The SMILES string of the molecule is COc1ccccc1Oc1ccc([N+](=O)[O-])cc1CBr. The van der Waals surface area contributed by atoms with Gasteiger partial charge in [-0.1, -0.05) is 28.1 Å². The number of methoxy groups -OCH3 is 1. The van der Waals surface area contributed by atoms with E-state index in [2.05, 4.69) is 15.9 Å². The maximum atomic E-state index is 10.8. The van der Waals surface area contributed by atoms with Crippen LogP contribution >= 0.6 is 15.9 Å². The van der Waals surface area contributed by atoms with Crippen LogP contribution in [0.2, 0.25) is 0 Å². The molecular formula is C14H12BrNO4. The summed E-state index contributed by atoms with van der Waals surface area (Å²) < 4.78 is 11.0. The van der Waals surface area contributed by atoms with Gasteiger partial charge in [-0.25, -0.2) is 0 Å². The normalized spacial score (nSPS) is 10.1. The van der Waals surface area contributed by atoms with Crippen LogP contribution in [-0.4, -0.2) is 12.0 Å². The third-order valence-corrected chi connectivity index (χ3v) is 3.29. The van der Waals surface area contributed by atoms with Gasteiger partial charge in [0, 0.05) is 23.0 Å². The lowest BCUT2D eigenvalue weighted by Gasteiger charge is -2.12. The molecular weight excluding hydrogens is 326 g/mol. The van der Waals surface area contributed by atoms with Crippen molar-refractivity contribution in [3.8, 4) is 17.2 Å². The molecule has 104 valence electrons. The number of hydrogen-bond donors (Lipinski definition) is 0. The van der Waals surface area contributed by atoms with Gasteiger partial charge in [-0.15, -0.1) is 0 Å². The first kappa shape index (κ1) is 14.3. The van der Waals surface area contributed by atoms with Crippen molar-refractivity contribution in [3.05, 3.63) is 58.1 Å². The molecule has 2 rings (SSSR count). The molecule has 0 aromatic heterocycles. The first-order valence-corrected chi connectivity index (χ1v) is 6.92. The van der Waals surface area contributed by atoms with Gasteiger partial charge in [-0.3, -0.25) is 10.1 Å². The largest absolute Gasteiger partial charge is 0.493 e. The second-order valence-corrected chi connectivity index (χ2v) is 4.50. The zero-order valence-electron chi connectivity index (χ0n) is 10.7. The summed E-state index contributed by atoms with van der Waals surface area (Å²) in [6.07, 6.45) is 0. The summed E-state index contributed by atoms with van der Waals surface area (Å²) >= 11 is 3.31. The van der Waals surface area contributed by atoms with Crippen LogP contribution in [0.1, 0.15) is 5.56 Å². The van der Waals surface area contributed by atoms with Crippen LogP contribution in [0.3, 0.4) is 0 Å². The standard InChI is InChI=1S/C14H12BrNO4/c1-19-13-4-2-3-5-14(13)20-12-7-6-11(16(17)18)8-10(12)9-15/h2-8H,9H2,1H3. The molecule has 2 aromatic rings. The van der Waals surface area contributed by atoms with E-state index in [1.807, 2.05) is 12.1 Å². The molecule has 0 amide bonds. The molecule has 2 aromatic carbocycles. The van der Waals surface area contributed by atoms with E-state index >= 15 is 0 Å². The van der Waals surface area contributed by atoms with E-state index in [0.717, 1.165) is 0 Å². The average Bonchev–Trinajstić information content (AvgIpc) is 2.48. The highest BCUT2D eigenvalue weighted by molar-refractivity contribution is 9.08. The van der Waals surface area contributed by atoms with E-state index in [-0.39, 0.29) is 5.69 Å². The number of para-hydroxylation sites is 2. The smallest absolute Gasteiger partial charge is 0.270 e. The number of hydrogen-bond acceptors (Lipinski definition) is 4. The van der Waals surface area contributed by atoms with Crippen LogP contribution in [0.5, 0.6) is 17.2 Å². The van der Waals surface area contributed by atoms with Crippen molar-refractivity contribution in [2.75, 3.05) is 7.11 Å². The fourth-order valence-electron chi connectivity index (χ4n) is 1.71. The van der Waals surface area contributed by atoms with Gasteiger partial charge in [-0.2, -0.15) is 0 Å². The molecule has 0 bridgehead atoms. The van der Waals surface area contributed by atoms with Crippen LogP contribution in [0.15, 0.2) is 42.5 Å². The molecule has 0 spiro atoms. The minimum absolute atomic E-state index is 0.0341. The third kappa shape index (κ3) is 3.08. The molecule has 0 aliphatic rings. The number of alkyl halides is 1. The Morgan fingerprint density at radius 1 is 1.15 bits per heavy atom. The summed E-state index contributed by atoms with van der Waals surface area (Å²) in [5.41, 5.74) is 0.733. The van der Waals surface area contributed by atoms with Crippen LogP contribution < -0.4 is 9.47 Å². The van der Waals surface area contributed by atoms with Crippen molar-refractivity contribution in [1.82, 2.24) is 0 Å². The summed E-state index contributed by atoms with van der Waals surface area (Å²) in [7, 11) is 1.56. The number of nitro benzene ring substituents is 1. The van der Waals surface area contributed by atoms with Crippen molar-refractivity contribution < 1.29 is 14.4 Å². The molecule has 0 N–H and O–H groups in total. The van der Waals surface area contributed by atoms with E-state index in [9.17, 15) is 10.1 Å². The Labute approximate surface area is 124 Å². The van der Waals surface area contributed by atoms with E-state index in [4.69, 9.17) is 9.47 Å². The Kier molecular flexibility index (Phi) is 4.57. The molecule has 0 radical (unpaired) electrons. The highest BCUT2D eigenvalue weighted by atomic mass is 79.9. The number of ether oxygens (including phenoxy) is 2. The molecule has 0 saturated heterocycles. The van der Waals surface area contributed by atoms with Crippen molar-refractivity contribution >= 4 is 21.6 Å². The summed E-state index contributed by atoms with van der Waals surface area (Å²) in [4.78, 5) is 10.3. The molecule has 20 heavy (non-hydrogen) atoms. The van der Waals surface area contributed by atoms with Gasteiger partial charge in [0.2, 0.25) is 0 Å². The fourth-order valence-corrected chi connectivity index (χ4v) is 2.14. The van der Waals surface area contributed by atoms with Gasteiger partial charge in [0.05, 0.1) is 12.0 Å². The van der Waals surface area contributed by atoms with E-state index in [0.29, 0.717) is 28.1 Å². The highest BCUT2D eigenvalue weighted by Crippen LogP contribution is 2.34. The van der Waals surface area contributed by atoms with Gasteiger partial charge in [0.15, 0.2) is 11.5 Å². The lowest BCUT2D eigenvalue weighted by molar-refractivity contribution is -0.384. The summed E-state index contributed by atoms with van der Waals surface area (Å²) in [6, 6.07) is 11.7. The zero-order chi connectivity index (χ0) is 14.5. The first-order valence-electron chi connectivity index (χ1n) is 5.80. The maximum absolute atomic E-state index is 10.8. The fraction of sp³-hybridized carbons (Fsp3) is 0.143. The predicted molar refractivity (Wildman–Crippen MR) is 78.8 cm³/mol. The molecule has 0 aliphatic heterocycles. The Morgan fingerprint density at radius 3 is 2.45 bits per heavy atom. The second kappa shape index (κ2) is 6.38. The Hall–Kier alpha value is -2.08. The van der Waals surface area contributed by atoms with Crippen molar-refractivity contribution in [2.24, 2.45) is 0 Å². The minimum atomic E-state index is -0.432. The highest BCUT2D eigenvalue weighted by Gasteiger charge is 2.13. The Bertz CT molecular complexity index is 630. The predicted octanol–water partition coefficient (Wildman–Crippen LogP) is 4.29. The van der Waals surface area contributed by atoms with Gasteiger partial charge < -0.3 is 9.47 Å². The van der Waals surface area contributed by atoms with Crippen LogP contribution in [0, 0.1) is 10.1 Å². The molecule has 0 atom stereocenters. The lowest BCUT2D eigenvalue weighted by atomic mass is 10.2. The van der Waals surface area contributed by atoms with E-state index in [1.54, 1.807) is 25.3 Å². The topological polar surface area (TPSA) is 61.6 Å². The van der Waals surface area contributed by atoms with Crippen LogP contribution in [0.4, 0.5) is 5.69 Å². The Morgan fingerprint density at radius 2 is 1.85 bits per heavy atom. The molecule has 0 heterocycles. The van der Waals surface area contributed by atoms with Gasteiger partial charge in [0.25, 0.3) is 5.69 Å². The van der Waals surface area contributed by atoms with Gasteiger partial charge in [0.1, 0.15) is 5.75 Å².